The molecule has 1 fully saturated rings. The average Bonchev–Trinajstić information content (AvgIpc) is 2.53. The van der Waals surface area contributed by atoms with Crippen molar-refractivity contribution in [3.05, 3.63) is 34.4 Å². The summed E-state index contributed by atoms with van der Waals surface area (Å²) < 4.78 is 33.5. The molecule has 1 aliphatic heterocycles. The van der Waals surface area contributed by atoms with Gasteiger partial charge in [-0.25, -0.2) is 4.79 Å². The normalized spacial score (nSPS) is 16.6. The van der Waals surface area contributed by atoms with Gasteiger partial charge in [-0.2, -0.15) is 8.78 Å². The van der Waals surface area contributed by atoms with Gasteiger partial charge in [0.05, 0.1) is 4.92 Å². The Balaban J connectivity index is 1.98. The number of nitro benzene ring substituents is 1. The van der Waals surface area contributed by atoms with Crippen molar-refractivity contribution < 1.29 is 23.2 Å². The lowest BCUT2D eigenvalue weighted by Crippen LogP contribution is -2.47. The van der Waals surface area contributed by atoms with Crippen molar-refractivity contribution in [1.29, 1.82) is 0 Å². The van der Waals surface area contributed by atoms with Crippen molar-refractivity contribution >= 4 is 17.3 Å². The molecule has 0 amide bonds. The molecule has 0 spiro atoms. The minimum absolute atomic E-state index is 0.0184. The van der Waals surface area contributed by atoms with Gasteiger partial charge >= 0.3 is 11.9 Å². The van der Waals surface area contributed by atoms with Crippen molar-refractivity contribution in [1.82, 2.24) is 0 Å². The number of non-ortho nitro benzene ring substituents is 1. The molecule has 1 heterocycles. The molecular weight excluding hydrogens is 334 g/mol. The van der Waals surface area contributed by atoms with Crippen LogP contribution in [-0.4, -0.2) is 35.5 Å². The van der Waals surface area contributed by atoms with Crippen LogP contribution in [0.15, 0.2) is 24.3 Å². The predicted octanol–water partition coefficient (Wildman–Crippen LogP) is 3.79. The molecule has 25 heavy (non-hydrogen) atoms. The van der Waals surface area contributed by atoms with E-state index in [-0.39, 0.29) is 18.5 Å². The highest BCUT2D eigenvalue weighted by atomic mass is 19.3. The van der Waals surface area contributed by atoms with Gasteiger partial charge in [0.15, 0.2) is 0 Å². The summed E-state index contributed by atoms with van der Waals surface area (Å²) in [4.78, 5) is 23.8. The zero-order valence-corrected chi connectivity index (χ0v) is 14.5. The largest absolute Gasteiger partial charge is 0.456 e. The Labute approximate surface area is 144 Å². The van der Waals surface area contributed by atoms with E-state index in [0.717, 1.165) is 5.69 Å². The standard InChI is InChI=1S/C17H22F2N2O4/c1-16(2,3)25-15(22)17(18,19)12-8-10-20(11-9-12)13-4-6-14(7-5-13)21(23)24/h4-7,12H,8-11H2,1-3H3. The van der Waals surface area contributed by atoms with Crippen LogP contribution >= 0.6 is 0 Å². The Hall–Kier alpha value is -2.25. The van der Waals surface area contributed by atoms with Gasteiger partial charge in [0, 0.05) is 36.8 Å². The van der Waals surface area contributed by atoms with E-state index >= 15 is 0 Å². The van der Waals surface area contributed by atoms with Crippen LogP contribution in [0.4, 0.5) is 20.2 Å². The highest BCUT2D eigenvalue weighted by Gasteiger charge is 2.50. The molecule has 8 heteroatoms. The lowest BCUT2D eigenvalue weighted by molar-refractivity contribution is -0.384. The maximum atomic E-state index is 14.3. The summed E-state index contributed by atoms with van der Waals surface area (Å²) in [5.41, 5.74) is -0.236. The molecule has 1 aliphatic rings. The molecule has 1 saturated heterocycles. The number of piperidine rings is 1. The summed E-state index contributed by atoms with van der Waals surface area (Å²) in [5, 5.41) is 10.7. The maximum absolute atomic E-state index is 14.3. The number of hydrogen-bond donors (Lipinski definition) is 0. The van der Waals surface area contributed by atoms with E-state index in [1.165, 1.54) is 12.1 Å². The van der Waals surface area contributed by atoms with Crippen LogP contribution in [0.5, 0.6) is 0 Å². The topological polar surface area (TPSA) is 72.7 Å². The Bertz CT molecular complexity index is 633. The first-order chi connectivity index (χ1) is 11.5. The van der Waals surface area contributed by atoms with Gasteiger partial charge in [0.25, 0.3) is 5.69 Å². The third-order valence-corrected chi connectivity index (χ3v) is 4.10. The number of nitrogens with zero attached hydrogens (tertiary/aromatic N) is 2. The van der Waals surface area contributed by atoms with Crippen molar-refractivity contribution in [2.24, 2.45) is 5.92 Å². The Morgan fingerprint density at radius 2 is 1.72 bits per heavy atom. The van der Waals surface area contributed by atoms with Gasteiger partial charge in [-0.15, -0.1) is 0 Å². The van der Waals surface area contributed by atoms with Gasteiger partial charge in [-0.1, -0.05) is 0 Å². The van der Waals surface area contributed by atoms with Gasteiger partial charge in [-0.05, 0) is 45.7 Å². The molecule has 0 unspecified atom stereocenters. The second-order valence-electron chi connectivity index (χ2n) is 7.16. The Morgan fingerprint density at radius 3 is 2.16 bits per heavy atom. The molecular formula is C17H22F2N2O4. The molecule has 0 radical (unpaired) electrons. The van der Waals surface area contributed by atoms with E-state index in [2.05, 4.69) is 0 Å². The molecule has 1 aromatic rings. The lowest BCUT2D eigenvalue weighted by Gasteiger charge is -2.36. The Kier molecular flexibility index (Phi) is 5.29. The number of nitro groups is 1. The fourth-order valence-electron chi connectivity index (χ4n) is 2.80. The number of hydrogen-bond acceptors (Lipinski definition) is 5. The van der Waals surface area contributed by atoms with Gasteiger partial charge in [0.1, 0.15) is 5.60 Å². The van der Waals surface area contributed by atoms with E-state index in [0.29, 0.717) is 13.1 Å². The van der Waals surface area contributed by atoms with E-state index in [4.69, 9.17) is 4.74 Å². The summed E-state index contributed by atoms with van der Waals surface area (Å²) in [7, 11) is 0. The number of carbonyl (C=O) groups is 1. The Morgan fingerprint density at radius 1 is 1.20 bits per heavy atom. The zero-order valence-electron chi connectivity index (χ0n) is 14.5. The van der Waals surface area contributed by atoms with Crippen LogP contribution in [0.2, 0.25) is 0 Å². The first-order valence-electron chi connectivity index (χ1n) is 8.11. The van der Waals surface area contributed by atoms with Crippen LogP contribution in [-0.2, 0) is 9.53 Å². The molecule has 0 aliphatic carbocycles. The average molecular weight is 356 g/mol. The highest BCUT2D eigenvalue weighted by molar-refractivity contribution is 5.78. The smallest absolute Gasteiger partial charge is 0.377 e. The van der Waals surface area contributed by atoms with Crippen molar-refractivity contribution in [3.63, 3.8) is 0 Å². The van der Waals surface area contributed by atoms with E-state index in [1.807, 2.05) is 4.90 Å². The zero-order chi connectivity index (χ0) is 18.8. The number of carbonyl (C=O) groups excluding carboxylic acids is 1. The first kappa shape index (κ1) is 19.1. The fraction of sp³-hybridized carbons (Fsp3) is 0.588. The molecule has 1 aromatic carbocycles. The van der Waals surface area contributed by atoms with Crippen molar-refractivity contribution in [2.45, 2.75) is 45.1 Å². The molecule has 0 atom stereocenters. The molecule has 138 valence electrons. The summed E-state index contributed by atoms with van der Waals surface area (Å²) in [6, 6.07) is 5.97. The summed E-state index contributed by atoms with van der Waals surface area (Å²) in [6.45, 7) is 5.36. The third kappa shape index (κ3) is 4.64. The molecule has 2 rings (SSSR count). The number of rotatable bonds is 4. The van der Waals surface area contributed by atoms with E-state index < -0.39 is 28.3 Å². The number of ether oxygens (including phenoxy) is 1. The maximum Gasteiger partial charge on any atom is 0.377 e. The van der Waals surface area contributed by atoms with Crippen LogP contribution in [0.25, 0.3) is 0 Å². The van der Waals surface area contributed by atoms with Crippen LogP contribution in [0.3, 0.4) is 0 Å². The quantitative estimate of drug-likeness (QED) is 0.466. The molecule has 0 saturated carbocycles. The molecule has 0 bridgehead atoms. The van der Waals surface area contributed by atoms with Crippen LogP contribution < -0.4 is 4.90 Å². The summed E-state index contributed by atoms with van der Waals surface area (Å²) >= 11 is 0. The van der Waals surface area contributed by atoms with Crippen LogP contribution in [0, 0.1) is 16.0 Å². The van der Waals surface area contributed by atoms with E-state index in [9.17, 15) is 23.7 Å². The van der Waals surface area contributed by atoms with Crippen molar-refractivity contribution in [3.8, 4) is 0 Å². The SMILES string of the molecule is CC(C)(C)OC(=O)C(F)(F)C1CCN(c2ccc([N+](=O)[O-])cc2)CC1. The number of anilines is 1. The predicted molar refractivity (Wildman–Crippen MR) is 88.8 cm³/mol. The molecule has 0 N–H and O–H groups in total. The second-order valence-corrected chi connectivity index (χ2v) is 7.16. The number of benzene rings is 1. The van der Waals surface area contributed by atoms with Crippen LogP contribution in [0.1, 0.15) is 33.6 Å². The fourth-order valence-corrected chi connectivity index (χ4v) is 2.80. The third-order valence-electron chi connectivity index (χ3n) is 4.10. The van der Waals surface area contributed by atoms with E-state index in [1.54, 1.807) is 32.9 Å². The molecule has 6 nitrogen and oxygen atoms in total. The number of esters is 1. The summed E-state index contributed by atoms with van der Waals surface area (Å²) in [5.74, 6) is -6.07. The summed E-state index contributed by atoms with van der Waals surface area (Å²) in [6.07, 6.45) is 0.284. The van der Waals surface area contributed by atoms with Gasteiger partial charge in [-0.3, -0.25) is 10.1 Å². The molecule has 0 aromatic heterocycles. The minimum Gasteiger partial charge on any atom is -0.456 e. The van der Waals surface area contributed by atoms with Gasteiger partial charge < -0.3 is 9.64 Å². The van der Waals surface area contributed by atoms with Gasteiger partial charge in [0.2, 0.25) is 0 Å². The highest BCUT2D eigenvalue weighted by Crippen LogP contribution is 2.36. The number of halogens is 2. The second kappa shape index (κ2) is 6.93. The first-order valence-corrected chi connectivity index (χ1v) is 8.11. The van der Waals surface area contributed by atoms with Crippen molar-refractivity contribution in [2.75, 3.05) is 18.0 Å². The lowest BCUT2D eigenvalue weighted by atomic mass is 9.90. The minimum atomic E-state index is -3.52. The monoisotopic (exact) mass is 356 g/mol. The number of alkyl halides is 2.